The van der Waals surface area contributed by atoms with Gasteiger partial charge in [-0.2, -0.15) is 0 Å². The molecule has 1 aliphatic rings. The molecule has 0 spiro atoms. The predicted molar refractivity (Wildman–Crippen MR) is 60.7 cm³/mol. The Labute approximate surface area is 89.3 Å². The molecule has 0 unspecified atom stereocenters. The van der Waals surface area contributed by atoms with E-state index in [4.69, 9.17) is 0 Å². The maximum absolute atomic E-state index is 3.49. The molecule has 0 aromatic carbocycles. The molecular formula is C12H24N2. The molecule has 0 saturated carbocycles. The zero-order chi connectivity index (χ0) is 10.6. The van der Waals surface area contributed by atoms with Crippen LogP contribution in [-0.4, -0.2) is 35.5 Å². The minimum absolute atomic E-state index is 0.698. The van der Waals surface area contributed by atoms with Crippen LogP contribution in [0.1, 0.15) is 40.5 Å². The SMILES string of the molecule is CCCN1[C]N(CC(C)C)[C@H](CC)C1. The summed E-state index contributed by atoms with van der Waals surface area (Å²) in [5.41, 5.74) is 0. The Hall–Kier alpha value is -0.0800. The fraction of sp³-hybridized carbons (Fsp3) is 0.917. The van der Waals surface area contributed by atoms with Crippen LogP contribution in [0, 0.1) is 12.6 Å². The average Bonchev–Trinajstić information content (AvgIpc) is 2.47. The predicted octanol–water partition coefficient (Wildman–Crippen LogP) is 2.44. The molecular weight excluding hydrogens is 172 g/mol. The van der Waals surface area contributed by atoms with Crippen LogP contribution in [0.2, 0.25) is 0 Å². The van der Waals surface area contributed by atoms with Gasteiger partial charge in [-0.05, 0) is 25.3 Å². The van der Waals surface area contributed by atoms with Gasteiger partial charge in [-0.15, -0.1) is 0 Å². The summed E-state index contributed by atoms with van der Waals surface area (Å²) < 4.78 is 0. The van der Waals surface area contributed by atoms with Gasteiger partial charge in [0.25, 0.3) is 0 Å². The molecule has 1 saturated heterocycles. The molecule has 1 fully saturated rings. The first kappa shape index (κ1) is 12.0. The third-order valence-electron chi connectivity index (χ3n) is 2.67. The molecule has 0 bridgehead atoms. The summed E-state index contributed by atoms with van der Waals surface area (Å²) in [6.45, 7) is 16.0. The van der Waals surface area contributed by atoms with Crippen LogP contribution in [0.25, 0.3) is 0 Å². The number of hydrogen-bond acceptors (Lipinski definition) is 2. The number of hydrogen-bond donors (Lipinski definition) is 0. The Bertz CT molecular complexity index is 156. The fourth-order valence-corrected chi connectivity index (χ4v) is 2.00. The van der Waals surface area contributed by atoms with E-state index in [2.05, 4.69) is 44.2 Å². The first-order valence-electron chi connectivity index (χ1n) is 5.95. The van der Waals surface area contributed by atoms with Crippen molar-refractivity contribution in [3.8, 4) is 0 Å². The third-order valence-corrected chi connectivity index (χ3v) is 2.67. The van der Waals surface area contributed by atoms with E-state index in [9.17, 15) is 0 Å². The van der Waals surface area contributed by atoms with Gasteiger partial charge in [-0.1, -0.05) is 27.7 Å². The third kappa shape index (κ3) is 3.25. The summed E-state index contributed by atoms with van der Waals surface area (Å²) >= 11 is 0. The minimum Gasteiger partial charge on any atom is -0.278 e. The van der Waals surface area contributed by atoms with Crippen LogP contribution in [-0.2, 0) is 0 Å². The second-order valence-electron chi connectivity index (χ2n) is 4.65. The van der Waals surface area contributed by atoms with Gasteiger partial charge in [-0.3, -0.25) is 9.80 Å². The molecule has 0 amide bonds. The molecule has 1 aliphatic heterocycles. The largest absolute Gasteiger partial charge is 0.278 e. The summed E-state index contributed by atoms with van der Waals surface area (Å²) in [4.78, 5) is 4.75. The lowest BCUT2D eigenvalue weighted by Crippen LogP contribution is -2.31. The normalized spacial score (nSPS) is 25.1. The van der Waals surface area contributed by atoms with E-state index in [-0.39, 0.29) is 0 Å². The number of nitrogens with zero attached hydrogens (tertiary/aromatic N) is 2. The second-order valence-corrected chi connectivity index (χ2v) is 4.65. The van der Waals surface area contributed by atoms with E-state index in [0.29, 0.717) is 6.04 Å². The molecule has 0 aromatic heterocycles. The highest BCUT2D eigenvalue weighted by molar-refractivity contribution is 4.88. The van der Waals surface area contributed by atoms with Crippen molar-refractivity contribution < 1.29 is 0 Å². The highest BCUT2D eigenvalue weighted by Crippen LogP contribution is 2.20. The fourth-order valence-electron chi connectivity index (χ4n) is 2.00. The summed E-state index contributed by atoms with van der Waals surface area (Å²) in [5, 5.41) is 0. The van der Waals surface area contributed by atoms with Crippen molar-refractivity contribution in [2.45, 2.75) is 46.6 Å². The van der Waals surface area contributed by atoms with E-state index in [1.54, 1.807) is 0 Å². The molecule has 1 rings (SSSR count). The lowest BCUT2D eigenvalue weighted by atomic mass is 10.1. The summed E-state index contributed by atoms with van der Waals surface area (Å²) in [6.07, 6.45) is 2.46. The summed E-state index contributed by atoms with van der Waals surface area (Å²) in [6, 6.07) is 0.698. The van der Waals surface area contributed by atoms with E-state index in [1.807, 2.05) is 0 Å². The Morgan fingerprint density at radius 2 is 2.07 bits per heavy atom. The lowest BCUT2D eigenvalue weighted by Gasteiger charge is -2.22. The van der Waals surface area contributed by atoms with Crippen molar-refractivity contribution >= 4 is 0 Å². The molecule has 0 aliphatic carbocycles. The van der Waals surface area contributed by atoms with Gasteiger partial charge in [0, 0.05) is 19.1 Å². The maximum Gasteiger partial charge on any atom is 0.146 e. The molecule has 2 radical (unpaired) electrons. The zero-order valence-corrected chi connectivity index (χ0v) is 10.1. The van der Waals surface area contributed by atoms with Crippen molar-refractivity contribution in [1.82, 2.24) is 9.80 Å². The van der Waals surface area contributed by atoms with Crippen LogP contribution in [0.4, 0.5) is 0 Å². The van der Waals surface area contributed by atoms with Crippen molar-refractivity contribution in [1.29, 1.82) is 0 Å². The second kappa shape index (κ2) is 5.72. The topological polar surface area (TPSA) is 6.48 Å². The summed E-state index contributed by atoms with van der Waals surface area (Å²) in [5.74, 6) is 0.734. The van der Waals surface area contributed by atoms with Crippen molar-refractivity contribution in [3.63, 3.8) is 0 Å². The van der Waals surface area contributed by atoms with Gasteiger partial charge in [-0.25, -0.2) is 0 Å². The van der Waals surface area contributed by atoms with Crippen LogP contribution < -0.4 is 0 Å². The first-order chi connectivity index (χ1) is 6.67. The van der Waals surface area contributed by atoms with E-state index in [0.717, 1.165) is 19.0 Å². The standard InChI is InChI=1S/C12H24N2/c1-5-7-13-9-12(6-2)14(10-13)8-11(3)4/h11-12H,5-9H2,1-4H3/t12-/m1/s1. The Morgan fingerprint density at radius 3 is 2.57 bits per heavy atom. The molecule has 2 heteroatoms. The molecule has 0 aromatic rings. The first-order valence-corrected chi connectivity index (χ1v) is 5.95. The molecule has 1 heterocycles. The highest BCUT2D eigenvalue weighted by atomic mass is 15.4. The molecule has 82 valence electrons. The van der Waals surface area contributed by atoms with Crippen molar-refractivity contribution in [2.75, 3.05) is 19.6 Å². The molecule has 2 nitrogen and oxygen atoms in total. The van der Waals surface area contributed by atoms with Gasteiger partial charge >= 0.3 is 0 Å². The van der Waals surface area contributed by atoms with Gasteiger partial charge in [0.15, 0.2) is 0 Å². The molecule has 0 N–H and O–H groups in total. The van der Waals surface area contributed by atoms with Crippen molar-refractivity contribution in [3.05, 3.63) is 6.67 Å². The quantitative estimate of drug-likeness (QED) is 0.666. The smallest absolute Gasteiger partial charge is 0.146 e. The van der Waals surface area contributed by atoms with Crippen molar-refractivity contribution in [2.24, 2.45) is 5.92 Å². The van der Waals surface area contributed by atoms with Gasteiger partial charge in [0.2, 0.25) is 0 Å². The Balaban J connectivity index is 2.41. The maximum atomic E-state index is 3.49. The van der Waals surface area contributed by atoms with Crippen LogP contribution in [0.5, 0.6) is 0 Å². The molecule has 1 atom stereocenters. The van der Waals surface area contributed by atoms with E-state index < -0.39 is 0 Å². The minimum atomic E-state index is 0.698. The van der Waals surface area contributed by atoms with Gasteiger partial charge < -0.3 is 0 Å². The average molecular weight is 196 g/mol. The summed E-state index contributed by atoms with van der Waals surface area (Å²) in [7, 11) is 0. The van der Waals surface area contributed by atoms with Crippen LogP contribution in [0.3, 0.4) is 0 Å². The lowest BCUT2D eigenvalue weighted by molar-refractivity contribution is 0.251. The van der Waals surface area contributed by atoms with Gasteiger partial charge in [0.05, 0.1) is 0 Å². The highest BCUT2D eigenvalue weighted by Gasteiger charge is 2.29. The van der Waals surface area contributed by atoms with Crippen LogP contribution in [0.15, 0.2) is 0 Å². The van der Waals surface area contributed by atoms with E-state index in [1.165, 1.54) is 19.4 Å². The van der Waals surface area contributed by atoms with E-state index >= 15 is 0 Å². The van der Waals surface area contributed by atoms with Gasteiger partial charge in [0.1, 0.15) is 6.67 Å². The Morgan fingerprint density at radius 1 is 1.36 bits per heavy atom. The van der Waals surface area contributed by atoms with Crippen LogP contribution >= 0.6 is 0 Å². The molecule has 14 heavy (non-hydrogen) atoms. The number of rotatable bonds is 5. The Kier molecular flexibility index (Phi) is 4.90. The monoisotopic (exact) mass is 196 g/mol. The zero-order valence-electron chi connectivity index (χ0n) is 10.1.